The Labute approximate surface area is 116 Å². The number of benzene rings is 1. The highest BCUT2D eigenvalue weighted by molar-refractivity contribution is 7.91. The molecule has 1 amide bonds. The summed E-state index contributed by atoms with van der Waals surface area (Å²) < 4.78 is 37.1. The lowest BCUT2D eigenvalue weighted by Crippen LogP contribution is -2.31. The van der Waals surface area contributed by atoms with E-state index in [-0.39, 0.29) is 30.2 Å². The smallest absolute Gasteiger partial charge is 0.223 e. The summed E-state index contributed by atoms with van der Waals surface area (Å²) in [6.45, 7) is -0.253. The van der Waals surface area contributed by atoms with Crippen molar-refractivity contribution in [3.63, 3.8) is 0 Å². The van der Waals surface area contributed by atoms with Crippen LogP contribution >= 0.6 is 0 Å². The monoisotopic (exact) mass is 301 g/mol. The van der Waals surface area contributed by atoms with E-state index < -0.39 is 28.0 Å². The van der Waals surface area contributed by atoms with E-state index in [1.165, 1.54) is 12.1 Å². The van der Waals surface area contributed by atoms with Crippen LogP contribution in [-0.4, -0.2) is 55.4 Å². The fourth-order valence-corrected chi connectivity index (χ4v) is 3.33. The highest BCUT2D eigenvalue weighted by Crippen LogP contribution is 2.16. The second-order valence-corrected chi connectivity index (χ2v) is 6.87. The minimum Gasteiger partial charge on any atom is -0.388 e. The van der Waals surface area contributed by atoms with Crippen LogP contribution in [0.2, 0.25) is 0 Å². The number of aliphatic hydroxyl groups excluding tert-OH is 1. The van der Waals surface area contributed by atoms with Crippen molar-refractivity contribution in [2.75, 3.05) is 18.8 Å². The van der Waals surface area contributed by atoms with E-state index in [1.54, 1.807) is 18.2 Å². The van der Waals surface area contributed by atoms with Gasteiger partial charge in [-0.1, -0.05) is 18.2 Å². The van der Waals surface area contributed by atoms with Crippen LogP contribution in [0.3, 0.4) is 0 Å². The van der Waals surface area contributed by atoms with E-state index in [2.05, 4.69) is 0 Å². The Hall–Kier alpha value is -1.47. The van der Waals surface area contributed by atoms with Gasteiger partial charge in [-0.15, -0.1) is 0 Å². The number of rotatable bonds is 4. The van der Waals surface area contributed by atoms with E-state index in [0.717, 1.165) is 4.90 Å². The first-order valence-electron chi connectivity index (χ1n) is 6.28. The zero-order valence-electron chi connectivity index (χ0n) is 10.8. The Morgan fingerprint density at radius 2 is 1.95 bits per heavy atom. The molecule has 1 N–H and O–H groups in total. The van der Waals surface area contributed by atoms with Crippen molar-refractivity contribution in [2.45, 2.75) is 23.6 Å². The lowest BCUT2D eigenvalue weighted by Gasteiger charge is -2.15. The van der Waals surface area contributed by atoms with Crippen LogP contribution in [-0.2, 0) is 14.6 Å². The van der Waals surface area contributed by atoms with Crippen LogP contribution in [0.25, 0.3) is 0 Å². The van der Waals surface area contributed by atoms with Gasteiger partial charge >= 0.3 is 0 Å². The molecule has 2 rings (SSSR count). The minimum absolute atomic E-state index is 0.0780. The molecule has 1 heterocycles. The first kappa shape index (κ1) is 14.9. The van der Waals surface area contributed by atoms with Gasteiger partial charge in [0.2, 0.25) is 5.91 Å². The molecule has 1 aromatic carbocycles. The Bertz CT molecular complexity index is 565. The Morgan fingerprint density at radius 3 is 2.50 bits per heavy atom. The molecule has 20 heavy (non-hydrogen) atoms. The molecule has 1 aliphatic heterocycles. The van der Waals surface area contributed by atoms with Crippen molar-refractivity contribution in [1.29, 1.82) is 0 Å². The summed E-state index contributed by atoms with van der Waals surface area (Å²) in [6, 6.07) is 7.86. The SMILES string of the molecule is O=C(CCS(=O)(=O)c1ccccc1)N1C[C@@H](O)[C@H](F)C1. The predicted molar refractivity (Wildman–Crippen MR) is 70.6 cm³/mol. The van der Waals surface area contributed by atoms with Crippen LogP contribution in [0.1, 0.15) is 6.42 Å². The molecule has 0 bridgehead atoms. The number of carbonyl (C=O) groups is 1. The van der Waals surface area contributed by atoms with E-state index >= 15 is 0 Å². The Morgan fingerprint density at radius 1 is 1.30 bits per heavy atom. The summed E-state index contributed by atoms with van der Waals surface area (Å²) in [5, 5.41) is 9.24. The van der Waals surface area contributed by atoms with Gasteiger partial charge < -0.3 is 10.0 Å². The molecule has 1 saturated heterocycles. The molecule has 0 saturated carbocycles. The first-order chi connectivity index (χ1) is 9.40. The van der Waals surface area contributed by atoms with Gasteiger partial charge in [0.1, 0.15) is 12.3 Å². The number of β-amino-alcohol motifs (C(OH)–C–C–N with tert-alkyl or cyclic N) is 1. The van der Waals surface area contributed by atoms with Crippen LogP contribution in [0.5, 0.6) is 0 Å². The fraction of sp³-hybridized carbons (Fsp3) is 0.462. The molecule has 2 atom stereocenters. The summed E-state index contributed by atoms with van der Waals surface area (Å²) >= 11 is 0. The predicted octanol–water partition coefficient (Wildman–Crippen LogP) is 0.392. The molecule has 1 fully saturated rings. The number of nitrogens with zero attached hydrogens (tertiary/aromatic N) is 1. The topological polar surface area (TPSA) is 74.7 Å². The number of hydrogen-bond donors (Lipinski definition) is 1. The van der Waals surface area contributed by atoms with Crippen LogP contribution < -0.4 is 0 Å². The standard InChI is InChI=1S/C13H16FNO4S/c14-11-8-15(9-12(11)16)13(17)6-7-20(18,19)10-4-2-1-3-5-10/h1-5,11-12,16H,6-9H2/t11-,12-/m1/s1. The number of carbonyl (C=O) groups excluding carboxylic acids is 1. The molecule has 110 valence electrons. The number of amides is 1. The molecular formula is C13H16FNO4S. The molecule has 0 unspecified atom stereocenters. The molecule has 0 aromatic heterocycles. The molecular weight excluding hydrogens is 285 g/mol. The lowest BCUT2D eigenvalue weighted by molar-refractivity contribution is -0.130. The zero-order chi connectivity index (χ0) is 14.8. The number of aliphatic hydroxyl groups is 1. The third-order valence-corrected chi connectivity index (χ3v) is 4.99. The fourth-order valence-electron chi connectivity index (χ4n) is 2.08. The van der Waals surface area contributed by atoms with Crippen LogP contribution in [0, 0.1) is 0 Å². The molecule has 0 radical (unpaired) electrons. The van der Waals surface area contributed by atoms with Gasteiger partial charge in [-0.3, -0.25) is 4.79 Å². The maximum Gasteiger partial charge on any atom is 0.223 e. The third-order valence-electron chi connectivity index (χ3n) is 3.26. The molecule has 7 heteroatoms. The summed E-state index contributed by atoms with van der Waals surface area (Å²) in [7, 11) is -3.52. The lowest BCUT2D eigenvalue weighted by atomic mass is 10.3. The summed E-state index contributed by atoms with van der Waals surface area (Å²) in [5.74, 6) is -0.775. The van der Waals surface area contributed by atoms with E-state index in [1.807, 2.05) is 0 Å². The summed E-state index contributed by atoms with van der Waals surface area (Å²) in [4.78, 5) is 13.1. The first-order valence-corrected chi connectivity index (χ1v) is 7.93. The summed E-state index contributed by atoms with van der Waals surface area (Å²) in [6.07, 6.45) is -2.84. The second kappa shape index (κ2) is 5.88. The highest BCUT2D eigenvalue weighted by atomic mass is 32.2. The molecule has 0 aliphatic carbocycles. The maximum atomic E-state index is 13.1. The van der Waals surface area contributed by atoms with Gasteiger partial charge in [-0.25, -0.2) is 12.8 Å². The van der Waals surface area contributed by atoms with Gasteiger partial charge in [0.05, 0.1) is 17.2 Å². The number of alkyl halides is 1. The van der Waals surface area contributed by atoms with Crippen molar-refractivity contribution < 1.29 is 22.7 Å². The van der Waals surface area contributed by atoms with Crippen molar-refractivity contribution in [3.8, 4) is 0 Å². The highest BCUT2D eigenvalue weighted by Gasteiger charge is 2.34. The number of sulfone groups is 1. The average Bonchev–Trinajstić information content (AvgIpc) is 2.77. The average molecular weight is 301 g/mol. The number of hydrogen-bond acceptors (Lipinski definition) is 4. The minimum atomic E-state index is -3.52. The zero-order valence-corrected chi connectivity index (χ0v) is 11.6. The third kappa shape index (κ3) is 3.34. The van der Waals surface area contributed by atoms with Gasteiger partial charge in [0, 0.05) is 13.0 Å². The van der Waals surface area contributed by atoms with E-state index in [4.69, 9.17) is 0 Å². The van der Waals surface area contributed by atoms with Crippen molar-refractivity contribution in [3.05, 3.63) is 30.3 Å². The van der Waals surface area contributed by atoms with Crippen molar-refractivity contribution in [1.82, 2.24) is 4.90 Å². The summed E-state index contributed by atoms with van der Waals surface area (Å²) in [5.41, 5.74) is 0. The molecule has 1 aliphatic rings. The number of likely N-dealkylation sites (tertiary alicyclic amines) is 1. The van der Waals surface area contributed by atoms with Crippen LogP contribution in [0.15, 0.2) is 35.2 Å². The van der Waals surface area contributed by atoms with Gasteiger partial charge in [-0.05, 0) is 12.1 Å². The molecule has 1 aromatic rings. The van der Waals surface area contributed by atoms with Crippen LogP contribution in [0.4, 0.5) is 4.39 Å². The van der Waals surface area contributed by atoms with E-state index in [9.17, 15) is 22.7 Å². The van der Waals surface area contributed by atoms with E-state index in [0.29, 0.717) is 0 Å². The molecule has 5 nitrogen and oxygen atoms in total. The van der Waals surface area contributed by atoms with Crippen molar-refractivity contribution in [2.24, 2.45) is 0 Å². The quantitative estimate of drug-likeness (QED) is 0.873. The maximum absolute atomic E-state index is 13.1. The van der Waals surface area contributed by atoms with Gasteiger partial charge in [-0.2, -0.15) is 0 Å². The largest absolute Gasteiger partial charge is 0.388 e. The normalized spacial score (nSPS) is 23.0. The number of halogens is 1. The van der Waals surface area contributed by atoms with Gasteiger partial charge in [0.25, 0.3) is 0 Å². The van der Waals surface area contributed by atoms with Crippen molar-refractivity contribution >= 4 is 15.7 Å². The second-order valence-electron chi connectivity index (χ2n) is 4.76. The molecule has 0 spiro atoms. The Kier molecular flexibility index (Phi) is 4.39. The van der Waals surface area contributed by atoms with Gasteiger partial charge in [0.15, 0.2) is 9.84 Å². The Balaban J connectivity index is 1.94.